The van der Waals surface area contributed by atoms with E-state index in [1.165, 1.54) is 0 Å². The first-order chi connectivity index (χ1) is 10.1. The number of benzene rings is 2. The number of halogens is 1. The summed E-state index contributed by atoms with van der Waals surface area (Å²) in [5.74, 6) is 0. The number of nitrogens with zero attached hydrogens (tertiary/aromatic N) is 1. The Morgan fingerprint density at radius 3 is 2.57 bits per heavy atom. The Hall–Kier alpha value is -2.33. The predicted molar refractivity (Wildman–Crippen MR) is 84.6 cm³/mol. The Labute approximate surface area is 125 Å². The highest BCUT2D eigenvalue weighted by molar-refractivity contribution is 6.30. The van der Waals surface area contributed by atoms with Gasteiger partial charge in [-0.1, -0.05) is 54.9 Å². The van der Waals surface area contributed by atoms with E-state index in [2.05, 4.69) is 4.98 Å². The molecule has 1 N–H and O–H groups in total. The zero-order valence-electron chi connectivity index (χ0n) is 11.4. The molecule has 4 nitrogen and oxygen atoms in total. The van der Waals surface area contributed by atoms with E-state index < -0.39 is 5.69 Å². The number of nitrogens with one attached hydrogen (secondary N) is 1. The third kappa shape index (κ3) is 2.17. The SMILES string of the molecule is CCc1c(Cl)[nH]c(=O)n(-c2cccc3ccccc23)c1=O. The minimum atomic E-state index is -0.529. The number of H-pyrrole nitrogens is 1. The van der Waals surface area contributed by atoms with Crippen LogP contribution in [-0.2, 0) is 6.42 Å². The van der Waals surface area contributed by atoms with E-state index in [4.69, 9.17) is 11.6 Å². The summed E-state index contributed by atoms with van der Waals surface area (Å²) in [5, 5.41) is 1.93. The predicted octanol–water partition coefficient (Wildman–Crippen LogP) is 2.89. The molecular weight excluding hydrogens is 288 g/mol. The summed E-state index contributed by atoms with van der Waals surface area (Å²) in [7, 11) is 0. The first kappa shape index (κ1) is 13.6. The van der Waals surface area contributed by atoms with Gasteiger partial charge < -0.3 is 0 Å². The van der Waals surface area contributed by atoms with Crippen molar-refractivity contribution in [3.8, 4) is 5.69 Å². The molecule has 0 bridgehead atoms. The van der Waals surface area contributed by atoms with E-state index in [9.17, 15) is 9.59 Å². The van der Waals surface area contributed by atoms with E-state index >= 15 is 0 Å². The molecule has 0 unspecified atom stereocenters. The highest BCUT2D eigenvalue weighted by atomic mass is 35.5. The van der Waals surface area contributed by atoms with Crippen LogP contribution in [0.4, 0.5) is 0 Å². The normalized spacial score (nSPS) is 11.0. The lowest BCUT2D eigenvalue weighted by Crippen LogP contribution is -2.36. The van der Waals surface area contributed by atoms with E-state index in [-0.39, 0.29) is 10.7 Å². The second kappa shape index (κ2) is 5.22. The molecular formula is C16H13ClN2O2. The molecule has 0 aliphatic heterocycles. The molecule has 0 saturated heterocycles. The van der Waals surface area contributed by atoms with E-state index in [1.54, 1.807) is 6.07 Å². The Morgan fingerprint density at radius 1 is 1.10 bits per heavy atom. The molecule has 0 atom stereocenters. The lowest BCUT2D eigenvalue weighted by molar-refractivity contribution is 0.847. The van der Waals surface area contributed by atoms with Crippen molar-refractivity contribution >= 4 is 22.4 Å². The minimum absolute atomic E-state index is 0.115. The second-order valence-electron chi connectivity index (χ2n) is 4.72. The van der Waals surface area contributed by atoms with Crippen LogP contribution >= 0.6 is 11.6 Å². The molecule has 1 aromatic heterocycles. The van der Waals surface area contributed by atoms with Crippen LogP contribution in [0.3, 0.4) is 0 Å². The Morgan fingerprint density at radius 2 is 1.81 bits per heavy atom. The molecule has 0 spiro atoms. The monoisotopic (exact) mass is 300 g/mol. The van der Waals surface area contributed by atoms with Crippen LogP contribution in [0.15, 0.2) is 52.1 Å². The van der Waals surface area contributed by atoms with Crippen molar-refractivity contribution in [3.05, 3.63) is 74.0 Å². The number of aromatic nitrogens is 2. The van der Waals surface area contributed by atoms with Gasteiger partial charge in [-0.25, -0.2) is 9.36 Å². The lowest BCUT2D eigenvalue weighted by Gasteiger charge is -2.10. The first-order valence-corrected chi connectivity index (χ1v) is 7.03. The van der Waals surface area contributed by atoms with Gasteiger partial charge in [0.15, 0.2) is 0 Å². The summed E-state index contributed by atoms with van der Waals surface area (Å²) in [4.78, 5) is 27.3. The molecule has 0 radical (unpaired) electrons. The second-order valence-corrected chi connectivity index (χ2v) is 5.09. The number of aromatic amines is 1. The van der Waals surface area contributed by atoms with E-state index in [1.807, 2.05) is 43.3 Å². The van der Waals surface area contributed by atoms with Gasteiger partial charge >= 0.3 is 5.69 Å². The maximum atomic E-state index is 12.5. The molecule has 5 heteroatoms. The van der Waals surface area contributed by atoms with Crippen molar-refractivity contribution in [2.45, 2.75) is 13.3 Å². The van der Waals surface area contributed by atoms with Crippen LogP contribution in [0.1, 0.15) is 12.5 Å². The van der Waals surface area contributed by atoms with Crippen molar-refractivity contribution < 1.29 is 0 Å². The van der Waals surface area contributed by atoms with Crippen molar-refractivity contribution in [2.24, 2.45) is 0 Å². The smallest absolute Gasteiger partial charge is 0.297 e. The maximum absolute atomic E-state index is 12.5. The van der Waals surface area contributed by atoms with Crippen LogP contribution < -0.4 is 11.2 Å². The van der Waals surface area contributed by atoms with Crippen LogP contribution in [0, 0.1) is 0 Å². The summed E-state index contributed by atoms with van der Waals surface area (Å²) >= 11 is 5.94. The molecule has 3 rings (SSSR count). The van der Waals surface area contributed by atoms with Gasteiger partial charge in [-0.2, -0.15) is 0 Å². The fourth-order valence-corrected chi connectivity index (χ4v) is 2.77. The number of hydrogen-bond acceptors (Lipinski definition) is 2. The van der Waals surface area contributed by atoms with Crippen molar-refractivity contribution in [1.82, 2.24) is 9.55 Å². The zero-order valence-corrected chi connectivity index (χ0v) is 12.1. The fourth-order valence-electron chi connectivity index (χ4n) is 2.47. The largest absolute Gasteiger partial charge is 0.334 e. The zero-order chi connectivity index (χ0) is 15.0. The summed E-state index contributed by atoms with van der Waals surface area (Å²) < 4.78 is 1.15. The van der Waals surface area contributed by atoms with Crippen LogP contribution in [0.2, 0.25) is 5.15 Å². The van der Waals surface area contributed by atoms with Gasteiger partial charge in [0, 0.05) is 5.39 Å². The maximum Gasteiger partial charge on any atom is 0.334 e. The van der Waals surface area contributed by atoms with Gasteiger partial charge in [0.2, 0.25) is 0 Å². The molecule has 0 aliphatic rings. The van der Waals surface area contributed by atoms with Gasteiger partial charge in [-0.05, 0) is 17.9 Å². The molecule has 3 aromatic rings. The van der Waals surface area contributed by atoms with Crippen LogP contribution in [0.25, 0.3) is 16.5 Å². The van der Waals surface area contributed by atoms with Crippen LogP contribution in [-0.4, -0.2) is 9.55 Å². The number of hydrogen-bond donors (Lipinski definition) is 1. The third-order valence-corrected chi connectivity index (χ3v) is 3.83. The highest BCUT2D eigenvalue weighted by Gasteiger charge is 2.14. The van der Waals surface area contributed by atoms with E-state index in [0.717, 1.165) is 15.3 Å². The molecule has 0 amide bonds. The van der Waals surface area contributed by atoms with Gasteiger partial charge in [-0.15, -0.1) is 0 Å². The average Bonchev–Trinajstić information content (AvgIpc) is 2.47. The molecule has 106 valence electrons. The molecule has 0 saturated carbocycles. The summed E-state index contributed by atoms with van der Waals surface area (Å²) in [6, 6.07) is 13.1. The summed E-state index contributed by atoms with van der Waals surface area (Å²) in [5.41, 5.74) is 0.0658. The van der Waals surface area contributed by atoms with Crippen molar-refractivity contribution in [2.75, 3.05) is 0 Å². The highest BCUT2D eigenvalue weighted by Crippen LogP contribution is 2.20. The average molecular weight is 301 g/mol. The topological polar surface area (TPSA) is 54.9 Å². The number of fused-ring (bicyclic) bond motifs is 1. The molecule has 21 heavy (non-hydrogen) atoms. The lowest BCUT2D eigenvalue weighted by atomic mass is 10.1. The third-order valence-electron chi connectivity index (χ3n) is 3.51. The summed E-state index contributed by atoms with van der Waals surface area (Å²) in [6.45, 7) is 1.83. The van der Waals surface area contributed by atoms with Gasteiger partial charge in [-0.3, -0.25) is 9.78 Å². The Bertz CT molecular complexity index is 936. The van der Waals surface area contributed by atoms with Gasteiger partial charge in [0.25, 0.3) is 5.56 Å². The van der Waals surface area contributed by atoms with Gasteiger partial charge in [0.05, 0.1) is 11.3 Å². The standard InChI is InChI=1S/C16H13ClN2O2/c1-2-11-14(17)18-16(21)19(15(11)20)13-9-5-7-10-6-3-4-8-12(10)13/h3-9H,2H2,1H3,(H,18,21). The van der Waals surface area contributed by atoms with Crippen molar-refractivity contribution in [1.29, 1.82) is 0 Å². The molecule has 0 fully saturated rings. The van der Waals surface area contributed by atoms with Gasteiger partial charge in [0.1, 0.15) is 5.15 Å². The van der Waals surface area contributed by atoms with E-state index in [0.29, 0.717) is 17.7 Å². The van der Waals surface area contributed by atoms with Crippen molar-refractivity contribution in [3.63, 3.8) is 0 Å². The summed E-state index contributed by atoms with van der Waals surface area (Å²) in [6.07, 6.45) is 0.458. The van der Waals surface area contributed by atoms with Crippen LogP contribution in [0.5, 0.6) is 0 Å². The quantitative estimate of drug-likeness (QED) is 0.740. The molecule has 0 aliphatic carbocycles. The Balaban J connectivity index is 2.45. The Kier molecular flexibility index (Phi) is 3.39. The first-order valence-electron chi connectivity index (χ1n) is 6.65. The molecule has 1 heterocycles. The molecule has 2 aromatic carbocycles. The number of rotatable bonds is 2. The minimum Gasteiger partial charge on any atom is -0.297 e. The fraction of sp³-hybridized carbons (Fsp3) is 0.125.